The zero-order valence-corrected chi connectivity index (χ0v) is 18.2. The SMILES string of the molecule is COc1ccc([N+](=O)[O-])cc1NC(=O)C(C)N1CCC(c2nc3ccccc3s2)CC1. The van der Waals surface area contributed by atoms with Crippen molar-refractivity contribution in [1.82, 2.24) is 9.88 Å². The van der Waals surface area contributed by atoms with Gasteiger partial charge in [0.1, 0.15) is 5.75 Å². The average Bonchev–Trinajstić information content (AvgIpc) is 3.23. The van der Waals surface area contributed by atoms with Crippen molar-refractivity contribution in [3.63, 3.8) is 0 Å². The molecule has 1 N–H and O–H groups in total. The highest BCUT2D eigenvalue weighted by molar-refractivity contribution is 7.18. The van der Waals surface area contributed by atoms with E-state index in [4.69, 9.17) is 9.72 Å². The quantitative estimate of drug-likeness (QED) is 0.450. The van der Waals surface area contributed by atoms with E-state index >= 15 is 0 Å². The van der Waals surface area contributed by atoms with Gasteiger partial charge in [0, 0.05) is 18.1 Å². The maximum Gasteiger partial charge on any atom is 0.271 e. The molecule has 4 rings (SSSR count). The van der Waals surface area contributed by atoms with E-state index in [0.717, 1.165) is 31.4 Å². The zero-order chi connectivity index (χ0) is 22.0. The highest BCUT2D eigenvalue weighted by atomic mass is 32.1. The number of thiazole rings is 1. The van der Waals surface area contributed by atoms with Crippen LogP contribution in [0.15, 0.2) is 42.5 Å². The molecule has 0 spiro atoms. The number of piperidine rings is 1. The predicted octanol–water partition coefficient (Wildman–Crippen LogP) is 4.42. The lowest BCUT2D eigenvalue weighted by atomic mass is 9.96. The van der Waals surface area contributed by atoms with Crippen molar-refractivity contribution in [3.05, 3.63) is 57.6 Å². The van der Waals surface area contributed by atoms with E-state index in [-0.39, 0.29) is 17.6 Å². The minimum atomic E-state index is -0.495. The smallest absolute Gasteiger partial charge is 0.271 e. The molecule has 1 saturated heterocycles. The molecule has 162 valence electrons. The highest BCUT2D eigenvalue weighted by Gasteiger charge is 2.29. The van der Waals surface area contributed by atoms with Crippen molar-refractivity contribution < 1.29 is 14.5 Å². The van der Waals surface area contributed by atoms with E-state index in [2.05, 4.69) is 16.3 Å². The van der Waals surface area contributed by atoms with Gasteiger partial charge in [-0.05, 0) is 51.1 Å². The fraction of sp³-hybridized carbons (Fsp3) is 0.364. The number of ether oxygens (including phenoxy) is 1. The first kappa shape index (κ1) is 21.2. The number of likely N-dealkylation sites (tertiary alicyclic amines) is 1. The summed E-state index contributed by atoms with van der Waals surface area (Å²) in [5.74, 6) is 0.582. The second-order valence-electron chi connectivity index (χ2n) is 7.64. The Morgan fingerprint density at radius 2 is 2.03 bits per heavy atom. The molecule has 1 unspecified atom stereocenters. The Hall–Kier alpha value is -3.04. The molecule has 8 nitrogen and oxygen atoms in total. The lowest BCUT2D eigenvalue weighted by Gasteiger charge is -2.34. The van der Waals surface area contributed by atoms with Crippen LogP contribution in [0.2, 0.25) is 0 Å². The van der Waals surface area contributed by atoms with Crippen LogP contribution in [-0.2, 0) is 4.79 Å². The van der Waals surface area contributed by atoms with Gasteiger partial charge in [0.15, 0.2) is 0 Å². The van der Waals surface area contributed by atoms with Crippen molar-refractivity contribution in [2.24, 2.45) is 0 Å². The molecule has 1 fully saturated rings. The standard InChI is InChI=1S/C22H24N4O4S/c1-14(21(27)23-18-13-16(26(28)29)7-8-19(18)30-2)25-11-9-15(10-12-25)22-24-17-5-3-4-6-20(17)31-22/h3-8,13-15H,9-12H2,1-2H3,(H,23,27). The number of rotatable bonds is 6. The van der Waals surface area contributed by atoms with E-state index in [9.17, 15) is 14.9 Å². The van der Waals surface area contributed by atoms with Crippen LogP contribution in [0.1, 0.15) is 30.7 Å². The molecule has 0 saturated carbocycles. The number of aromatic nitrogens is 1. The number of amides is 1. The minimum absolute atomic E-state index is 0.0968. The fourth-order valence-corrected chi connectivity index (χ4v) is 5.05. The minimum Gasteiger partial charge on any atom is -0.495 e. The number of benzene rings is 2. The van der Waals surface area contributed by atoms with Gasteiger partial charge in [-0.1, -0.05) is 12.1 Å². The summed E-state index contributed by atoms with van der Waals surface area (Å²) in [6, 6.07) is 12.0. The first-order valence-corrected chi connectivity index (χ1v) is 11.0. The summed E-state index contributed by atoms with van der Waals surface area (Å²) in [5, 5.41) is 15.0. The molecule has 1 aliphatic rings. The number of non-ortho nitro benzene ring substituents is 1. The summed E-state index contributed by atoms with van der Waals surface area (Å²) in [7, 11) is 1.47. The van der Waals surface area contributed by atoms with Crippen LogP contribution in [0.4, 0.5) is 11.4 Å². The van der Waals surface area contributed by atoms with Gasteiger partial charge in [-0.15, -0.1) is 11.3 Å². The number of hydrogen-bond donors (Lipinski definition) is 1. The van der Waals surface area contributed by atoms with Crippen LogP contribution in [0.5, 0.6) is 5.75 Å². The Labute approximate surface area is 184 Å². The fourth-order valence-electron chi connectivity index (χ4n) is 3.91. The Bertz CT molecular complexity index is 1070. The normalized spacial score (nSPS) is 16.2. The molecular formula is C22H24N4O4S. The summed E-state index contributed by atoms with van der Waals surface area (Å²) in [5.41, 5.74) is 1.25. The number of para-hydroxylation sites is 1. The van der Waals surface area contributed by atoms with Gasteiger partial charge in [-0.25, -0.2) is 4.98 Å². The van der Waals surface area contributed by atoms with Crippen LogP contribution in [0.3, 0.4) is 0 Å². The Morgan fingerprint density at radius 3 is 2.71 bits per heavy atom. The molecule has 0 bridgehead atoms. The second kappa shape index (κ2) is 8.99. The summed E-state index contributed by atoms with van der Waals surface area (Å²) in [6.45, 7) is 3.44. The third-order valence-electron chi connectivity index (χ3n) is 5.77. The molecule has 1 aliphatic heterocycles. The predicted molar refractivity (Wildman–Crippen MR) is 121 cm³/mol. The maximum absolute atomic E-state index is 12.8. The van der Waals surface area contributed by atoms with E-state index in [1.165, 1.54) is 35.0 Å². The number of hydrogen-bond acceptors (Lipinski definition) is 7. The van der Waals surface area contributed by atoms with Crippen molar-refractivity contribution in [2.75, 3.05) is 25.5 Å². The molecule has 1 amide bonds. The van der Waals surface area contributed by atoms with Crippen LogP contribution in [0, 0.1) is 10.1 Å². The van der Waals surface area contributed by atoms with Gasteiger partial charge in [0.25, 0.3) is 5.69 Å². The van der Waals surface area contributed by atoms with Gasteiger partial charge >= 0.3 is 0 Å². The monoisotopic (exact) mass is 440 g/mol. The summed E-state index contributed by atoms with van der Waals surface area (Å²) < 4.78 is 6.44. The summed E-state index contributed by atoms with van der Waals surface area (Å²) in [4.78, 5) is 30.3. The zero-order valence-electron chi connectivity index (χ0n) is 17.4. The highest BCUT2D eigenvalue weighted by Crippen LogP contribution is 2.34. The topological polar surface area (TPSA) is 97.6 Å². The number of anilines is 1. The van der Waals surface area contributed by atoms with Crippen LogP contribution >= 0.6 is 11.3 Å². The third kappa shape index (κ3) is 4.52. The number of nitro groups is 1. The van der Waals surface area contributed by atoms with Gasteiger partial charge in [0.05, 0.1) is 39.0 Å². The first-order valence-electron chi connectivity index (χ1n) is 10.2. The van der Waals surface area contributed by atoms with Crippen LogP contribution in [0.25, 0.3) is 10.2 Å². The number of carbonyl (C=O) groups is 1. The van der Waals surface area contributed by atoms with E-state index in [1.54, 1.807) is 11.3 Å². The molecule has 1 atom stereocenters. The van der Waals surface area contributed by atoms with Crippen molar-refractivity contribution in [2.45, 2.75) is 31.7 Å². The summed E-state index contributed by atoms with van der Waals surface area (Å²) >= 11 is 1.75. The number of carbonyl (C=O) groups excluding carboxylic acids is 1. The third-order valence-corrected chi connectivity index (χ3v) is 6.97. The van der Waals surface area contributed by atoms with Crippen LogP contribution < -0.4 is 10.1 Å². The summed E-state index contributed by atoms with van der Waals surface area (Å²) in [6.07, 6.45) is 1.88. The maximum atomic E-state index is 12.8. The lowest BCUT2D eigenvalue weighted by Crippen LogP contribution is -2.45. The van der Waals surface area contributed by atoms with Crippen molar-refractivity contribution in [3.8, 4) is 5.75 Å². The number of nitrogens with one attached hydrogen (secondary N) is 1. The van der Waals surface area contributed by atoms with E-state index in [1.807, 2.05) is 25.1 Å². The molecule has 2 heterocycles. The second-order valence-corrected chi connectivity index (χ2v) is 8.70. The van der Waals surface area contributed by atoms with Gasteiger partial charge in [-0.3, -0.25) is 19.8 Å². The Kier molecular flexibility index (Phi) is 6.15. The number of nitro benzene ring substituents is 1. The molecule has 2 aromatic carbocycles. The van der Waals surface area contributed by atoms with E-state index < -0.39 is 4.92 Å². The number of methoxy groups -OCH3 is 1. The molecule has 3 aromatic rings. The molecule has 31 heavy (non-hydrogen) atoms. The largest absolute Gasteiger partial charge is 0.495 e. The lowest BCUT2D eigenvalue weighted by molar-refractivity contribution is -0.384. The van der Waals surface area contributed by atoms with Crippen molar-refractivity contribution in [1.29, 1.82) is 0 Å². The van der Waals surface area contributed by atoms with Crippen LogP contribution in [-0.4, -0.2) is 47.0 Å². The Morgan fingerprint density at radius 1 is 1.29 bits per heavy atom. The molecular weight excluding hydrogens is 416 g/mol. The average molecular weight is 441 g/mol. The molecule has 0 aliphatic carbocycles. The van der Waals surface area contributed by atoms with Gasteiger partial charge < -0.3 is 10.1 Å². The molecule has 0 radical (unpaired) electrons. The molecule has 9 heteroatoms. The van der Waals surface area contributed by atoms with Gasteiger partial charge in [-0.2, -0.15) is 0 Å². The number of nitrogens with zero attached hydrogens (tertiary/aromatic N) is 3. The molecule has 1 aromatic heterocycles. The van der Waals surface area contributed by atoms with Gasteiger partial charge in [0.2, 0.25) is 5.91 Å². The Balaban J connectivity index is 1.39. The first-order chi connectivity index (χ1) is 15.0. The van der Waals surface area contributed by atoms with E-state index in [0.29, 0.717) is 17.4 Å². The number of fused-ring (bicyclic) bond motifs is 1. The van der Waals surface area contributed by atoms with Crippen molar-refractivity contribution >= 4 is 38.8 Å².